The molecule has 61 heavy (non-hydrogen) atoms. The smallest absolute Gasteiger partial charge is 0.196 e. The number of rotatable bonds is 7. The molecular weight excluding hydrogens is 745 g/mol. The van der Waals surface area contributed by atoms with Crippen LogP contribution < -0.4 is 0 Å². The molecule has 286 valence electrons. The molecule has 0 bridgehead atoms. The summed E-state index contributed by atoms with van der Waals surface area (Å²) in [6, 6.07) is 56.3. The van der Waals surface area contributed by atoms with Gasteiger partial charge in [0.15, 0.2) is 11.5 Å². The van der Waals surface area contributed by atoms with Crippen LogP contribution in [0.25, 0.3) is 94.4 Å². The van der Waals surface area contributed by atoms with Gasteiger partial charge >= 0.3 is 0 Å². The zero-order valence-electron chi connectivity index (χ0n) is 33.5. The molecule has 9 aromatic rings. The molecule has 1 aliphatic carbocycles. The van der Waals surface area contributed by atoms with Crippen molar-refractivity contribution in [2.45, 2.75) is 19.3 Å². The van der Waals surface area contributed by atoms with E-state index in [1.54, 1.807) is 18.5 Å². The minimum Gasteiger partial charge on any atom is -0.264 e. The second-order valence-electron chi connectivity index (χ2n) is 15.8. The van der Waals surface area contributed by atoms with E-state index in [2.05, 4.69) is 120 Å². The van der Waals surface area contributed by atoms with Crippen LogP contribution in [0.15, 0.2) is 183 Å². The number of fused-ring (bicyclic) bond motifs is 3. The van der Waals surface area contributed by atoms with Crippen LogP contribution in [0.3, 0.4) is 0 Å². The molecule has 0 saturated carbocycles. The van der Waals surface area contributed by atoms with Crippen molar-refractivity contribution in [2.24, 2.45) is 0 Å². The van der Waals surface area contributed by atoms with Crippen LogP contribution in [-0.2, 0) is 5.41 Å². The molecule has 6 aromatic carbocycles. The Morgan fingerprint density at radius 1 is 0.492 bits per heavy atom. The van der Waals surface area contributed by atoms with E-state index >= 15 is 0 Å². The number of pyridine rings is 2. The van der Waals surface area contributed by atoms with Gasteiger partial charge in [0.1, 0.15) is 0 Å². The minimum atomic E-state index is -0.439. The van der Waals surface area contributed by atoms with Crippen LogP contribution in [0.1, 0.15) is 30.5 Å². The molecule has 10 rings (SSSR count). The fourth-order valence-corrected chi connectivity index (χ4v) is 8.53. The van der Waals surface area contributed by atoms with Gasteiger partial charge in [-0.2, -0.15) is 5.26 Å². The van der Waals surface area contributed by atoms with Gasteiger partial charge in [-0.1, -0.05) is 98.8 Å². The Morgan fingerprint density at radius 2 is 1.02 bits per heavy atom. The Bertz CT molecular complexity index is 2960. The van der Waals surface area contributed by atoms with Crippen molar-refractivity contribution >= 4 is 5.69 Å². The van der Waals surface area contributed by atoms with Crippen molar-refractivity contribution in [1.82, 2.24) is 19.9 Å². The van der Waals surface area contributed by atoms with Crippen LogP contribution in [0, 0.1) is 17.9 Å². The molecule has 0 unspecified atom stereocenters. The molecule has 0 N–H and O–H groups in total. The van der Waals surface area contributed by atoms with Crippen molar-refractivity contribution in [1.29, 1.82) is 5.26 Å². The summed E-state index contributed by atoms with van der Waals surface area (Å²) in [5.74, 6) is 0.644. The first-order valence-electron chi connectivity index (χ1n) is 20.1. The third kappa shape index (κ3) is 6.83. The number of hydrogen-bond donors (Lipinski definition) is 0. The highest BCUT2D eigenvalue weighted by molar-refractivity contribution is 5.93. The van der Waals surface area contributed by atoms with Gasteiger partial charge in [-0.05, 0) is 128 Å². The van der Waals surface area contributed by atoms with E-state index in [0.717, 1.165) is 94.8 Å². The van der Waals surface area contributed by atoms with E-state index in [4.69, 9.17) is 16.5 Å². The van der Waals surface area contributed by atoms with Crippen molar-refractivity contribution in [3.63, 3.8) is 0 Å². The first-order chi connectivity index (χ1) is 29.9. The molecule has 6 nitrogen and oxygen atoms in total. The number of aromatic nitrogens is 4. The Kier molecular flexibility index (Phi) is 9.17. The third-order valence-corrected chi connectivity index (χ3v) is 11.6. The van der Waals surface area contributed by atoms with Gasteiger partial charge in [0.05, 0.1) is 24.0 Å². The fourth-order valence-electron chi connectivity index (χ4n) is 8.53. The summed E-state index contributed by atoms with van der Waals surface area (Å²) < 4.78 is 0. The lowest BCUT2D eigenvalue weighted by atomic mass is 9.81. The molecule has 3 heterocycles. The molecule has 0 radical (unpaired) electrons. The molecular formula is C55H36N6. The van der Waals surface area contributed by atoms with E-state index in [0.29, 0.717) is 17.1 Å². The standard InChI is InChI=1S/C55H36N6/c1-55(2)48-30-38(18-19-47(48)53-49(55)22-35(32-56)23-52(53)57-3)41-24-45(44-26-42(39-16-10-20-58-33-39)25-43(27-44)40-17-11-21-59-34-40)29-46(28-41)51-31-50(36-12-6-4-7-13-36)60-54(61-51)37-14-8-5-9-15-37/h4-31,33-34H,1-2H3. The largest absolute Gasteiger partial charge is 0.264 e. The lowest BCUT2D eigenvalue weighted by Crippen LogP contribution is -2.15. The van der Waals surface area contributed by atoms with Gasteiger partial charge in [0, 0.05) is 63.6 Å². The average Bonchev–Trinajstić information content (AvgIpc) is 3.56. The van der Waals surface area contributed by atoms with Crippen LogP contribution in [-0.4, -0.2) is 19.9 Å². The number of benzene rings is 6. The van der Waals surface area contributed by atoms with Gasteiger partial charge in [-0.15, -0.1) is 0 Å². The Hall–Kier alpha value is -8.32. The summed E-state index contributed by atoms with van der Waals surface area (Å²) in [5, 5.41) is 9.87. The molecule has 0 aliphatic heterocycles. The second kappa shape index (κ2) is 15.1. The zero-order valence-corrected chi connectivity index (χ0v) is 33.5. The first kappa shape index (κ1) is 37.0. The highest BCUT2D eigenvalue weighted by Crippen LogP contribution is 2.53. The van der Waals surface area contributed by atoms with Gasteiger partial charge in [-0.3, -0.25) is 9.97 Å². The number of nitriles is 1. The maximum atomic E-state index is 9.87. The van der Waals surface area contributed by atoms with E-state index in [1.807, 2.05) is 79.1 Å². The molecule has 0 amide bonds. The predicted molar refractivity (Wildman–Crippen MR) is 244 cm³/mol. The van der Waals surface area contributed by atoms with Crippen molar-refractivity contribution in [3.05, 3.63) is 211 Å². The summed E-state index contributed by atoms with van der Waals surface area (Å²) in [6.45, 7) is 12.4. The molecule has 6 heteroatoms. The first-order valence-corrected chi connectivity index (χ1v) is 20.1. The molecule has 0 fully saturated rings. The van der Waals surface area contributed by atoms with Crippen molar-refractivity contribution in [2.75, 3.05) is 0 Å². The van der Waals surface area contributed by atoms with Crippen LogP contribution in [0.4, 0.5) is 5.69 Å². The Balaban J connectivity index is 1.22. The summed E-state index contributed by atoms with van der Waals surface area (Å²) in [5.41, 5.74) is 17.3. The fraction of sp³-hybridized carbons (Fsp3) is 0.0545. The van der Waals surface area contributed by atoms with Crippen molar-refractivity contribution < 1.29 is 0 Å². The lowest BCUT2D eigenvalue weighted by molar-refractivity contribution is 0.660. The van der Waals surface area contributed by atoms with E-state index in [-0.39, 0.29) is 0 Å². The highest BCUT2D eigenvalue weighted by Gasteiger charge is 2.37. The number of nitrogens with zero attached hydrogens (tertiary/aromatic N) is 6. The predicted octanol–water partition coefficient (Wildman–Crippen LogP) is 13.7. The molecule has 3 aromatic heterocycles. The zero-order chi connectivity index (χ0) is 41.5. The van der Waals surface area contributed by atoms with Gasteiger partial charge in [0.25, 0.3) is 0 Å². The lowest BCUT2D eigenvalue weighted by Gasteiger charge is -2.22. The molecule has 0 atom stereocenters. The normalized spacial score (nSPS) is 12.2. The number of hydrogen-bond acceptors (Lipinski definition) is 5. The van der Waals surface area contributed by atoms with Gasteiger partial charge < -0.3 is 0 Å². The average molecular weight is 781 g/mol. The summed E-state index contributed by atoms with van der Waals surface area (Å²) in [6.07, 6.45) is 7.38. The van der Waals surface area contributed by atoms with E-state index < -0.39 is 5.41 Å². The van der Waals surface area contributed by atoms with Crippen LogP contribution >= 0.6 is 0 Å². The monoisotopic (exact) mass is 780 g/mol. The van der Waals surface area contributed by atoms with Crippen LogP contribution in [0.5, 0.6) is 0 Å². The maximum absolute atomic E-state index is 9.87. The minimum absolute atomic E-state index is 0.439. The summed E-state index contributed by atoms with van der Waals surface area (Å²) in [4.78, 5) is 23.1. The SMILES string of the molecule is [C-]#[N+]c1cc(C#N)cc2c1-c1ccc(-c3cc(-c4cc(-c5cccnc5)cc(-c5cccnc5)c4)cc(-c4cc(-c5ccccc5)nc(-c5ccccc5)n4)c3)cc1C2(C)C. The molecule has 0 saturated heterocycles. The Morgan fingerprint density at radius 3 is 1.57 bits per heavy atom. The van der Waals surface area contributed by atoms with E-state index in [1.165, 1.54) is 0 Å². The summed E-state index contributed by atoms with van der Waals surface area (Å²) in [7, 11) is 0. The third-order valence-electron chi connectivity index (χ3n) is 11.6. The Labute approximate surface area is 355 Å². The van der Waals surface area contributed by atoms with Gasteiger partial charge in [0.2, 0.25) is 0 Å². The molecule has 0 spiro atoms. The molecule has 1 aliphatic rings. The topological polar surface area (TPSA) is 79.7 Å². The highest BCUT2D eigenvalue weighted by atomic mass is 14.9. The van der Waals surface area contributed by atoms with Crippen molar-refractivity contribution in [3.8, 4) is 95.6 Å². The second-order valence-corrected chi connectivity index (χ2v) is 15.8. The maximum Gasteiger partial charge on any atom is 0.196 e. The summed E-state index contributed by atoms with van der Waals surface area (Å²) >= 11 is 0. The quantitative estimate of drug-likeness (QED) is 0.150. The van der Waals surface area contributed by atoms with E-state index in [9.17, 15) is 5.26 Å². The van der Waals surface area contributed by atoms with Crippen LogP contribution in [0.2, 0.25) is 0 Å². The van der Waals surface area contributed by atoms with Gasteiger partial charge in [-0.25, -0.2) is 14.8 Å².